The molecule has 0 radical (unpaired) electrons. The molecule has 0 spiro atoms. The molecule has 0 aromatic heterocycles. The molecule has 0 aromatic carbocycles. The molecule has 2 unspecified atom stereocenters. The molecule has 2 fully saturated rings. The second-order valence-corrected chi connectivity index (χ2v) is 13.1. The third kappa shape index (κ3) is 8.24. The highest BCUT2D eigenvalue weighted by atomic mass is 16.7. The van der Waals surface area contributed by atoms with Gasteiger partial charge < -0.3 is 44.3 Å². The molecule has 12 heteroatoms. The van der Waals surface area contributed by atoms with E-state index in [1.165, 1.54) is 21.0 Å². The van der Waals surface area contributed by atoms with Crippen molar-refractivity contribution in [3.05, 3.63) is 0 Å². The number of hydrogen-bond acceptors (Lipinski definition) is 12. The van der Waals surface area contributed by atoms with E-state index in [0.29, 0.717) is 19.4 Å². The topological polar surface area (TPSA) is 158 Å². The monoisotopic (exact) mass is 590 g/mol. The van der Waals surface area contributed by atoms with Crippen molar-refractivity contribution >= 4 is 11.8 Å². The number of Topliss-reactive ketones (excluding diaryl/α,β-unsaturated/α-hetero) is 1. The first-order valence-electron chi connectivity index (χ1n) is 14.5. The predicted molar refractivity (Wildman–Crippen MR) is 151 cm³/mol. The zero-order chi connectivity index (χ0) is 31.4. The molecule has 0 saturated carbocycles. The summed E-state index contributed by atoms with van der Waals surface area (Å²) in [6.45, 7) is 9.80. The van der Waals surface area contributed by atoms with Crippen LogP contribution < -0.4 is 0 Å². The number of carbonyl (C=O) groups excluding carboxylic acids is 2. The Morgan fingerprint density at radius 2 is 1.76 bits per heavy atom. The minimum absolute atomic E-state index is 0.0885. The maximum Gasteiger partial charge on any atom is 0.319 e. The van der Waals surface area contributed by atoms with Crippen LogP contribution in [0, 0.1) is 17.3 Å². The molecule has 2 aliphatic rings. The van der Waals surface area contributed by atoms with Crippen molar-refractivity contribution in [3.63, 3.8) is 0 Å². The van der Waals surface area contributed by atoms with Gasteiger partial charge in [0.1, 0.15) is 30.3 Å². The largest absolute Gasteiger partial charge is 0.463 e. The summed E-state index contributed by atoms with van der Waals surface area (Å²) in [6, 6.07) is -1.07. The maximum absolute atomic E-state index is 14.0. The summed E-state index contributed by atoms with van der Waals surface area (Å²) in [5.74, 6) is -2.18. The zero-order valence-corrected chi connectivity index (χ0v) is 26.4. The first-order valence-corrected chi connectivity index (χ1v) is 14.5. The van der Waals surface area contributed by atoms with E-state index in [4.69, 9.17) is 18.9 Å². The quantitative estimate of drug-likeness (QED) is 0.233. The van der Waals surface area contributed by atoms with Gasteiger partial charge in [-0.3, -0.25) is 14.5 Å². The van der Waals surface area contributed by atoms with Crippen molar-refractivity contribution in [2.24, 2.45) is 17.3 Å². The number of cyclic esters (lactones) is 1. The number of ketones is 1. The second-order valence-electron chi connectivity index (χ2n) is 13.1. The van der Waals surface area contributed by atoms with Crippen molar-refractivity contribution in [1.82, 2.24) is 9.80 Å². The van der Waals surface area contributed by atoms with Crippen molar-refractivity contribution in [1.29, 1.82) is 0 Å². The molecule has 0 aromatic rings. The smallest absolute Gasteiger partial charge is 0.319 e. The van der Waals surface area contributed by atoms with E-state index in [2.05, 4.69) is 0 Å². The number of ether oxygens (including phenoxy) is 4. The van der Waals surface area contributed by atoms with Gasteiger partial charge in [-0.15, -0.1) is 0 Å². The molecular formula is C29H54N2O10. The summed E-state index contributed by atoms with van der Waals surface area (Å²) >= 11 is 0. The van der Waals surface area contributed by atoms with Gasteiger partial charge in [0.05, 0.1) is 30.5 Å². The van der Waals surface area contributed by atoms with Crippen LogP contribution in [0.4, 0.5) is 0 Å². The van der Waals surface area contributed by atoms with Gasteiger partial charge in [-0.2, -0.15) is 0 Å². The molecule has 2 aliphatic heterocycles. The Kier molecular flexibility index (Phi) is 12.7. The number of aliphatic hydroxyl groups is 4. The van der Waals surface area contributed by atoms with Crippen LogP contribution in [0.15, 0.2) is 0 Å². The van der Waals surface area contributed by atoms with E-state index < -0.39 is 72.0 Å². The fraction of sp³-hybridized carbons (Fsp3) is 0.931. The lowest BCUT2D eigenvalue weighted by Gasteiger charge is -2.47. The minimum Gasteiger partial charge on any atom is -0.463 e. The lowest BCUT2D eigenvalue weighted by Crippen LogP contribution is -2.59. The van der Waals surface area contributed by atoms with Gasteiger partial charge in [0.15, 0.2) is 12.1 Å². The highest BCUT2D eigenvalue weighted by molar-refractivity contribution is 6.04. The fourth-order valence-corrected chi connectivity index (χ4v) is 6.29. The number of methoxy groups -OCH3 is 1. The number of likely N-dealkylation sites (N-methyl/N-ethyl adjacent to an activating group) is 2. The highest BCUT2D eigenvalue weighted by Crippen LogP contribution is 2.38. The molecule has 0 aliphatic carbocycles. The van der Waals surface area contributed by atoms with Crippen LogP contribution in [0.3, 0.4) is 0 Å². The molecule has 11 atom stereocenters. The van der Waals surface area contributed by atoms with E-state index in [-0.39, 0.29) is 24.7 Å². The molecule has 2 heterocycles. The van der Waals surface area contributed by atoms with Gasteiger partial charge in [0.2, 0.25) is 0 Å². The summed E-state index contributed by atoms with van der Waals surface area (Å²) in [5.41, 5.74) is -2.65. The number of rotatable bonds is 7. The predicted octanol–water partition coefficient (Wildman–Crippen LogP) is 0.0316. The molecule has 0 amide bonds. The Morgan fingerprint density at radius 1 is 1.15 bits per heavy atom. The second kappa shape index (κ2) is 14.5. The lowest BCUT2D eigenvalue weighted by atomic mass is 9.74. The Bertz CT molecular complexity index is 873. The van der Waals surface area contributed by atoms with Gasteiger partial charge in [-0.25, -0.2) is 0 Å². The summed E-state index contributed by atoms with van der Waals surface area (Å²) in [5, 5.41) is 41.5. The Morgan fingerprint density at radius 3 is 2.29 bits per heavy atom. The van der Waals surface area contributed by atoms with Crippen LogP contribution >= 0.6 is 0 Å². The Balaban J connectivity index is 2.55. The van der Waals surface area contributed by atoms with E-state index in [9.17, 15) is 30.0 Å². The third-order valence-corrected chi connectivity index (χ3v) is 8.90. The van der Waals surface area contributed by atoms with E-state index in [1.807, 2.05) is 39.8 Å². The normalized spacial score (nSPS) is 39.8. The molecule has 240 valence electrons. The van der Waals surface area contributed by atoms with E-state index in [1.54, 1.807) is 18.9 Å². The number of nitrogens with zero attached hydrogens (tertiary/aromatic N) is 2. The Labute approximate surface area is 244 Å². The fourth-order valence-electron chi connectivity index (χ4n) is 6.29. The van der Waals surface area contributed by atoms with E-state index >= 15 is 0 Å². The molecule has 41 heavy (non-hydrogen) atoms. The van der Waals surface area contributed by atoms with Crippen LogP contribution in [0.2, 0.25) is 0 Å². The van der Waals surface area contributed by atoms with Crippen LogP contribution in [0.1, 0.15) is 54.4 Å². The zero-order valence-electron chi connectivity index (χ0n) is 26.4. The first-order chi connectivity index (χ1) is 18.9. The maximum atomic E-state index is 14.0. The average molecular weight is 591 g/mol. The van der Waals surface area contributed by atoms with Crippen molar-refractivity contribution in [2.75, 3.05) is 48.0 Å². The summed E-state index contributed by atoms with van der Waals surface area (Å²) < 4.78 is 24.2. The standard InChI is InChI=1S/C29H54N2O10/c1-16-12-29(6,38-10)25(41-26-23(35)19(30(7)8)11-17(2)40-26)18(3)24(36)28(4,5)27(37)39-15-20(31(9)13-16)22(34)21(33)14-32/h16-23,25-26,32-35H,11-15H2,1-10H3/t16-,17?,18+,19-,20+,21+,22+,23-,25-,26?,29-/m1/s1. The van der Waals surface area contributed by atoms with Crippen molar-refractivity contribution in [3.8, 4) is 0 Å². The molecule has 4 N–H and O–H groups in total. The van der Waals surface area contributed by atoms with Crippen LogP contribution in [-0.4, -0.2) is 144 Å². The van der Waals surface area contributed by atoms with Gasteiger partial charge in [-0.1, -0.05) is 13.8 Å². The van der Waals surface area contributed by atoms with Crippen LogP contribution in [0.5, 0.6) is 0 Å². The number of esters is 1. The average Bonchev–Trinajstić information content (AvgIpc) is 2.90. The molecule has 2 saturated heterocycles. The summed E-state index contributed by atoms with van der Waals surface area (Å²) in [4.78, 5) is 31.0. The van der Waals surface area contributed by atoms with Gasteiger partial charge in [-0.05, 0) is 67.6 Å². The van der Waals surface area contributed by atoms with Crippen molar-refractivity contribution < 1.29 is 49.0 Å². The Hall–Kier alpha value is -1.22. The first kappa shape index (κ1) is 36.0. The third-order valence-electron chi connectivity index (χ3n) is 8.90. The minimum atomic E-state index is -1.59. The van der Waals surface area contributed by atoms with E-state index in [0.717, 1.165) is 0 Å². The number of carbonyl (C=O) groups is 2. The van der Waals surface area contributed by atoms with Crippen LogP contribution in [-0.2, 0) is 28.5 Å². The molecule has 12 nitrogen and oxygen atoms in total. The van der Waals surface area contributed by atoms with Gasteiger partial charge >= 0.3 is 5.97 Å². The molecule has 2 rings (SSSR count). The number of hydrogen-bond donors (Lipinski definition) is 4. The van der Waals surface area contributed by atoms with Crippen molar-refractivity contribution in [2.45, 2.75) is 109 Å². The highest BCUT2D eigenvalue weighted by Gasteiger charge is 2.51. The number of aliphatic hydroxyl groups excluding tert-OH is 4. The molecule has 0 bridgehead atoms. The van der Waals surface area contributed by atoms with Gasteiger partial charge in [0.25, 0.3) is 0 Å². The summed E-state index contributed by atoms with van der Waals surface area (Å²) in [7, 11) is 7.02. The van der Waals surface area contributed by atoms with Gasteiger partial charge in [0, 0.05) is 25.6 Å². The molecular weight excluding hydrogens is 536 g/mol. The van der Waals surface area contributed by atoms with Crippen LogP contribution in [0.25, 0.3) is 0 Å². The lowest BCUT2D eigenvalue weighted by molar-refractivity contribution is -0.295. The SMILES string of the molecule is CO[C@]1(C)C[C@@H](C)CN(C)[C@H]([C@H](O)[C@@H](O)CO)COC(=O)C(C)(C)C(=O)[C@H](C)[C@H]1OC1OC(C)C[C@@H](N(C)C)[C@H]1O. The summed E-state index contributed by atoms with van der Waals surface area (Å²) in [6.07, 6.45) is -4.98.